The maximum Gasteiger partial charge on any atom is 0.243 e. The van der Waals surface area contributed by atoms with E-state index in [2.05, 4.69) is 15.9 Å². The maximum absolute atomic E-state index is 12.4. The monoisotopic (exact) mass is 347 g/mol. The Morgan fingerprint density at radius 1 is 1.37 bits per heavy atom. The zero-order valence-corrected chi connectivity index (χ0v) is 13.6. The molecule has 0 saturated carbocycles. The second-order valence-corrected chi connectivity index (χ2v) is 8.23. The van der Waals surface area contributed by atoms with E-state index in [1.165, 1.54) is 4.31 Å². The molecule has 0 spiro atoms. The molecule has 0 radical (unpaired) electrons. The second kappa shape index (κ2) is 4.84. The first-order chi connectivity index (χ1) is 8.67. The summed E-state index contributed by atoms with van der Waals surface area (Å²) in [5.74, 6) is 0.0469. The fourth-order valence-corrected chi connectivity index (χ4v) is 3.92. The summed E-state index contributed by atoms with van der Waals surface area (Å²) < 4.78 is 27.0. The molecular weight excluding hydrogens is 330 g/mol. The van der Waals surface area contributed by atoms with Gasteiger partial charge in [0, 0.05) is 17.6 Å². The number of hydrogen-bond acceptors (Lipinski definition) is 3. The van der Waals surface area contributed by atoms with Crippen molar-refractivity contribution in [1.82, 2.24) is 4.31 Å². The van der Waals surface area contributed by atoms with Crippen LogP contribution in [0.3, 0.4) is 0 Å². The second-order valence-electron chi connectivity index (χ2n) is 5.44. The summed E-state index contributed by atoms with van der Waals surface area (Å²) in [5.41, 5.74) is -0.0157. The lowest BCUT2D eigenvalue weighted by molar-refractivity contribution is -0.0932. The van der Waals surface area contributed by atoms with Gasteiger partial charge in [-0.15, -0.1) is 0 Å². The van der Waals surface area contributed by atoms with Gasteiger partial charge in [0.15, 0.2) is 0 Å². The molecule has 1 fully saturated rings. The van der Waals surface area contributed by atoms with Crippen molar-refractivity contribution >= 4 is 26.0 Å². The van der Waals surface area contributed by atoms with Crippen LogP contribution in [0.25, 0.3) is 0 Å². The number of halogens is 1. The van der Waals surface area contributed by atoms with Crippen LogP contribution in [0.15, 0.2) is 27.6 Å². The Hall–Kier alpha value is -0.430. The van der Waals surface area contributed by atoms with Crippen LogP contribution in [-0.2, 0) is 10.0 Å². The smallest absolute Gasteiger partial charge is 0.243 e. The van der Waals surface area contributed by atoms with Gasteiger partial charge in [0.25, 0.3) is 0 Å². The van der Waals surface area contributed by atoms with Gasteiger partial charge in [-0.1, -0.05) is 29.8 Å². The number of β-amino-alcohol motifs (C(OH)–C–C–N with tert-alkyl or cyclic N) is 1. The molecule has 0 bridgehead atoms. The van der Waals surface area contributed by atoms with E-state index in [-0.39, 0.29) is 23.9 Å². The third kappa shape index (κ3) is 2.59. The Labute approximate surface area is 122 Å². The summed E-state index contributed by atoms with van der Waals surface area (Å²) >= 11 is 3.35. The van der Waals surface area contributed by atoms with Crippen molar-refractivity contribution in [3.05, 3.63) is 28.2 Å². The number of aliphatic hydroxyl groups is 1. The number of nitrogens with zero attached hydrogens (tertiary/aromatic N) is 1. The molecule has 1 aromatic carbocycles. The lowest BCUT2D eigenvalue weighted by Gasteiger charge is -2.47. The largest absolute Gasteiger partial charge is 0.387 e. The third-order valence-corrected chi connectivity index (χ3v) is 6.42. The predicted octanol–water partition coefficient (Wildman–Crippen LogP) is 2.15. The molecule has 4 nitrogen and oxygen atoms in total. The molecule has 0 aliphatic carbocycles. The fourth-order valence-electron chi connectivity index (χ4n) is 2.03. The number of rotatable bonds is 3. The molecule has 1 saturated heterocycles. The van der Waals surface area contributed by atoms with E-state index in [0.29, 0.717) is 0 Å². The average Bonchev–Trinajstić information content (AvgIpc) is 2.27. The first-order valence-corrected chi connectivity index (χ1v) is 8.39. The molecule has 19 heavy (non-hydrogen) atoms. The normalized spacial score (nSPS) is 19.5. The highest BCUT2D eigenvalue weighted by Gasteiger charge is 2.49. The van der Waals surface area contributed by atoms with Gasteiger partial charge in [-0.25, -0.2) is 8.42 Å². The summed E-state index contributed by atoms with van der Waals surface area (Å²) in [6, 6.07) is 4.96. The van der Waals surface area contributed by atoms with Crippen LogP contribution >= 0.6 is 15.9 Å². The van der Waals surface area contributed by atoms with Crippen LogP contribution in [0.2, 0.25) is 0 Å². The molecule has 0 amide bonds. The predicted molar refractivity (Wildman–Crippen MR) is 77.4 cm³/mol. The van der Waals surface area contributed by atoms with Crippen molar-refractivity contribution in [3.8, 4) is 0 Å². The van der Waals surface area contributed by atoms with Crippen molar-refractivity contribution in [2.24, 2.45) is 5.92 Å². The molecule has 1 aromatic rings. The van der Waals surface area contributed by atoms with Crippen molar-refractivity contribution in [2.75, 3.05) is 13.1 Å². The molecule has 0 atom stereocenters. The SMILES string of the molecule is Cc1cc(S(=O)(=O)N2CC(O)(C(C)C)C2)ccc1Br. The topological polar surface area (TPSA) is 57.6 Å². The minimum atomic E-state index is -3.49. The standard InChI is InChI=1S/C13H18BrNO3S/c1-9(2)13(16)7-15(8-13)19(17,18)11-4-5-12(14)10(3)6-11/h4-6,9,16H,7-8H2,1-3H3. The first kappa shape index (κ1) is 15.0. The zero-order chi connectivity index (χ0) is 14.4. The first-order valence-electron chi connectivity index (χ1n) is 6.15. The van der Waals surface area contributed by atoms with E-state index in [1.54, 1.807) is 18.2 Å². The van der Waals surface area contributed by atoms with E-state index < -0.39 is 15.6 Å². The Morgan fingerprint density at radius 3 is 2.42 bits per heavy atom. The Kier molecular flexibility index (Phi) is 3.81. The average molecular weight is 348 g/mol. The lowest BCUT2D eigenvalue weighted by atomic mass is 9.85. The van der Waals surface area contributed by atoms with E-state index in [4.69, 9.17) is 0 Å². The molecule has 6 heteroatoms. The molecule has 2 rings (SSSR count). The Morgan fingerprint density at radius 2 is 1.95 bits per heavy atom. The van der Waals surface area contributed by atoms with Gasteiger partial charge in [0.2, 0.25) is 10.0 Å². The molecule has 106 valence electrons. The van der Waals surface area contributed by atoms with E-state index >= 15 is 0 Å². The van der Waals surface area contributed by atoms with Gasteiger partial charge < -0.3 is 5.11 Å². The van der Waals surface area contributed by atoms with E-state index in [9.17, 15) is 13.5 Å². The molecule has 1 aliphatic heterocycles. The highest BCUT2D eigenvalue weighted by molar-refractivity contribution is 9.10. The quantitative estimate of drug-likeness (QED) is 0.911. The Balaban J connectivity index is 2.23. The van der Waals surface area contributed by atoms with Crippen molar-refractivity contribution in [1.29, 1.82) is 0 Å². The summed E-state index contributed by atoms with van der Waals surface area (Å²) in [5, 5.41) is 10.2. The summed E-state index contributed by atoms with van der Waals surface area (Å²) in [7, 11) is -3.49. The van der Waals surface area contributed by atoms with Crippen LogP contribution < -0.4 is 0 Å². The fraction of sp³-hybridized carbons (Fsp3) is 0.538. The van der Waals surface area contributed by atoms with Gasteiger partial charge in [0.05, 0.1) is 10.5 Å². The van der Waals surface area contributed by atoms with Crippen molar-refractivity contribution in [3.63, 3.8) is 0 Å². The maximum atomic E-state index is 12.4. The minimum absolute atomic E-state index is 0.0469. The molecule has 1 aliphatic rings. The summed E-state index contributed by atoms with van der Waals surface area (Å²) in [6.45, 7) is 5.98. The van der Waals surface area contributed by atoms with Crippen LogP contribution in [0.1, 0.15) is 19.4 Å². The summed E-state index contributed by atoms with van der Waals surface area (Å²) in [4.78, 5) is 0.277. The van der Waals surface area contributed by atoms with Crippen LogP contribution in [-0.4, -0.2) is 36.5 Å². The summed E-state index contributed by atoms with van der Waals surface area (Å²) in [6.07, 6.45) is 0. The molecule has 0 unspecified atom stereocenters. The minimum Gasteiger partial charge on any atom is -0.387 e. The number of sulfonamides is 1. The van der Waals surface area contributed by atoms with Crippen molar-refractivity contribution in [2.45, 2.75) is 31.3 Å². The molecular formula is C13H18BrNO3S. The lowest BCUT2D eigenvalue weighted by Crippen LogP contribution is -2.65. The number of benzene rings is 1. The highest BCUT2D eigenvalue weighted by Crippen LogP contribution is 2.33. The van der Waals surface area contributed by atoms with E-state index in [0.717, 1.165) is 10.0 Å². The van der Waals surface area contributed by atoms with Gasteiger partial charge >= 0.3 is 0 Å². The Bertz CT molecular complexity index is 592. The van der Waals surface area contributed by atoms with Crippen LogP contribution in [0.5, 0.6) is 0 Å². The molecule has 0 aromatic heterocycles. The molecule has 1 N–H and O–H groups in total. The van der Waals surface area contributed by atoms with Crippen LogP contribution in [0, 0.1) is 12.8 Å². The van der Waals surface area contributed by atoms with Crippen LogP contribution in [0.4, 0.5) is 0 Å². The van der Waals surface area contributed by atoms with Gasteiger partial charge in [-0.2, -0.15) is 4.31 Å². The number of hydrogen-bond donors (Lipinski definition) is 1. The van der Waals surface area contributed by atoms with Gasteiger partial charge in [-0.3, -0.25) is 0 Å². The van der Waals surface area contributed by atoms with Gasteiger partial charge in [0.1, 0.15) is 0 Å². The van der Waals surface area contributed by atoms with Crippen molar-refractivity contribution < 1.29 is 13.5 Å². The molecule has 1 heterocycles. The zero-order valence-electron chi connectivity index (χ0n) is 11.2. The third-order valence-electron chi connectivity index (χ3n) is 3.74. The highest BCUT2D eigenvalue weighted by atomic mass is 79.9. The van der Waals surface area contributed by atoms with Gasteiger partial charge in [-0.05, 0) is 36.6 Å². The number of aryl methyl sites for hydroxylation is 1. The van der Waals surface area contributed by atoms with E-state index in [1.807, 2.05) is 20.8 Å².